The third-order valence-electron chi connectivity index (χ3n) is 3.28. The Hall–Kier alpha value is -0.280. The standard InChI is InChI=1S/C13H18Cl2N2/c1-9(17-8-11-3-2-6-16-11)10-4-5-12(14)13(15)7-10/h4-5,7,9,11,16-17H,2-3,6,8H2,1H3. The quantitative estimate of drug-likeness (QED) is 0.878. The molecule has 2 rings (SSSR count). The summed E-state index contributed by atoms with van der Waals surface area (Å²) in [5.41, 5.74) is 1.18. The molecule has 1 aliphatic heterocycles. The molecule has 1 aromatic carbocycles. The van der Waals surface area contributed by atoms with Crippen molar-refractivity contribution in [2.75, 3.05) is 13.1 Å². The fourth-order valence-electron chi connectivity index (χ4n) is 2.15. The molecule has 1 aromatic rings. The van der Waals surface area contributed by atoms with Crippen molar-refractivity contribution >= 4 is 23.2 Å². The lowest BCUT2D eigenvalue weighted by Gasteiger charge is -2.18. The smallest absolute Gasteiger partial charge is 0.0595 e. The van der Waals surface area contributed by atoms with Crippen LogP contribution in [0.5, 0.6) is 0 Å². The van der Waals surface area contributed by atoms with Crippen LogP contribution in [0.25, 0.3) is 0 Å². The number of benzene rings is 1. The molecule has 1 heterocycles. The molecule has 94 valence electrons. The topological polar surface area (TPSA) is 24.1 Å². The van der Waals surface area contributed by atoms with Crippen LogP contribution in [0.2, 0.25) is 10.0 Å². The molecule has 2 nitrogen and oxygen atoms in total. The first-order chi connectivity index (χ1) is 8.16. The van der Waals surface area contributed by atoms with Gasteiger partial charge >= 0.3 is 0 Å². The Morgan fingerprint density at radius 3 is 2.88 bits per heavy atom. The van der Waals surface area contributed by atoms with E-state index < -0.39 is 0 Å². The van der Waals surface area contributed by atoms with Gasteiger partial charge in [-0.15, -0.1) is 0 Å². The predicted octanol–water partition coefficient (Wildman–Crippen LogP) is 3.40. The number of hydrogen-bond donors (Lipinski definition) is 2. The average molecular weight is 273 g/mol. The maximum absolute atomic E-state index is 6.01. The molecular formula is C13H18Cl2N2. The van der Waals surface area contributed by atoms with Crippen LogP contribution in [-0.2, 0) is 0 Å². The minimum atomic E-state index is 0.298. The van der Waals surface area contributed by atoms with E-state index in [-0.39, 0.29) is 0 Å². The maximum Gasteiger partial charge on any atom is 0.0595 e. The lowest BCUT2D eigenvalue weighted by Crippen LogP contribution is -2.35. The van der Waals surface area contributed by atoms with Crippen molar-refractivity contribution in [3.05, 3.63) is 33.8 Å². The molecule has 2 N–H and O–H groups in total. The van der Waals surface area contributed by atoms with E-state index in [9.17, 15) is 0 Å². The van der Waals surface area contributed by atoms with Crippen LogP contribution in [0.3, 0.4) is 0 Å². The Bertz CT molecular complexity index is 376. The van der Waals surface area contributed by atoms with Crippen LogP contribution in [0.4, 0.5) is 0 Å². The zero-order chi connectivity index (χ0) is 12.3. The van der Waals surface area contributed by atoms with Gasteiger partial charge in [-0.3, -0.25) is 0 Å². The van der Waals surface area contributed by atoms with E-state index in [2.05, 4.69) is 17.6 Å². The van der Waals surface area contributed by atoms with Gasteiger partial charge in [-0.1, -0.05) is 29.3 Å². The normalized spacial score (nSPS) is 21.7. The highest BCUT2D eigenvalue weighted by molar-refractivity contribution is 6.42. The first-order valence-corrected chi connectivity index (χ1v) is 6.84. The Labute approximate surface area is 113 Å². The van der Waals surface area contributed by atoms with Gasteiger partial charge < -0.3 is 10.6 Å². The molecule has 0 radical (unpaired) electrons. The van der Waals surface area contributed by atoms with Gasteiger partial charge in [0.15, 0.2) is 0 Å². The van der Waals surface area contributed by atoms with Crippen LogP contribution >= 0.6 is 23.2 Å². The van der Waals surface area contributed by atoms with Gasteiger partial charge in [0.05, 0.1) is 10.0 Å². The van der Waals surface area contributed by atoms with Crippen LogP contribution in [0.15, 0.2) is 18.2 Å². The third-order valence-corrected chi connectivity index (χ3v) is 4.02. The van der Waals surface area contributed by atoms with Gasteiger partial charge in [0.1, 0.15) is 0 Å². The number of nitrogens with one attached hydrogen (secondary N) is 2. The largest absolute Gasteiger partial charge is 0.313 e. The molecule has 0 bridgehead atoms. The minimum Gasteiger partial charge on any atom is -0.313 e. The number of hydrogen-bond acceptors (Lipinski definition) is 2. The van der Waals surface area contributed by atoms with Crippen molar-refractivity contribution in [1.29, 1.82) is 0 Å². The summed E-state index contributed by atoms with van der Waals surface area (Å²) in [6, 6.07) is 6.72. The second kappa shape index (κ2) is 6.05. The number of rotatable bonds is 4. The van der Waals surface area contributed by atoms with E-state index in [1.54, 1.807) is 0 Å². The molecule has 1 fully saturated rings. The second-order valence-corrected chi connectivity index (χ2v) is 5.41. The van der Waals surface area contributed by atoms with Crippen molar-refractivity contribution in [2.24, 2.45) is 0 Å². The predicted molar refractivity (Wildman–Crippen MR) is 73.9 cm³/mol. The van der Waals surface area contributed by atoms with Crippen LogP contribution in [-0.4, -0.2) is 19.1 Å². The minimum absolute atomic E-state index is 0.298. The molecule has 0 amide bonds. The van der Waals surface area contributed by atoms with E-state index in [4.69, 9.17) is 23.2 Å². The first-order valence-electron chi connectivity index (χ1n) is 6.08. The molecule has 2 atom stereocenters. The zero-order valence-corrected chi connectivity index (χ0v) is 11.5. The molecule has 0 aromatic heterocycles. The molecule has 0 spiro atoms. The highest BCUT2D eigenvalue weighted by Crippen LogP contribution is 2.25. The molecule has 0 aliphatic carbocycles. The van der Waals surface area contributed by atoms with Crippen LogP contribution in [0, 0.1) is 0 Å². The van der Waals surface area contributed by atoms with E-state index in [1.807, 2.05) is 18.2 Å². The van der Waals surface area contributed by atoms with Gasteiger partial charge in [-0.2, -0.15) is 0 Å². The lowest BCUT2D eigenvalue weighted by atomic mass is 10.1. The summed E-state index contributed by atoms with van der Waals surface area (Å²) in [4.78, 5) is 0. The zero-order valence-electron chi connectivity index (χ0n) is 9.97. The van der Waals surface area contributed by atoms with Gasteiger partial charge in [0, 0.05) is 18.6 Å². The Morgan fingerprint density at radius 1 is 1.41 bits per heavy atom. The SMILES string of the molecule is CC(NCC1CCCN1)c1ccc(Cl)c(Cl)c1. The summed E-state index contributed by atoms with van der Waals surface area (Å²) in [6.07, 6.45) is 2.55. The second-order valence-electron chi connectivity index (χ2n) is 4.60. The number of halogens is 2. The van der Waals surface area contributed by atoms with Gasteiger partial charge in [0.2, 0.25) is 0 Å². The monoisotopic (exact) mass is 272 g/mol. The van der Waals surface area contributed by atoms with Crippen LogP contribution < -0.4 is 10.6 Å². The van der Waals surface area contributed by atoms with E-state index in [0.29, 0.717) is 22.1 Å². The summed E-state index contributed by atoms with van der Waals surface area (Å²) < 4.78 is 0. The molecule has 1 saturated heterocycles. The summed E-state index contributed by atoms with van der Waals surface area (Å²) in [5.74, 6) is 0. The van der Waals surface area contributed by atoms with Crippen molar-refractivity contribution in [3.8, 4) is 0 Å². The molecular weight excluding hydrogens is 255 g/mol. The molecule has 17 heavy (non-hydrogen) atoms. The summed E-state index contributed by atoms with van der Waals surface area (Å²) in [6.45, 7) is 4.30. The van der Waals surface area contributed by atoms with Crippen molar-refractivity contribution in [2.45, 2.75) is 31.8 Å². The third kappa shape index (κ3) is 3.59. The summed E-state index contributed by atoms with van der Waals surface area (Å²) >= 11 is 11.9. The highest BCUT2D eigenvalue weighted by atomic mass is 35.5. The molecule has 4 heteroatoms. The Balaban J connectivity index is 1.89. The van der Waals surface area contributed by atoms with E-state index in [1.165, 1.54) is 18.4 Å². The fourth-order valence-corrected chi connectivity index (χ4v) is 2.46. The average Bonchev–Trinajstić information content (AvgIpc) is 2.82. The molecule has 0 saturated carbocycles. The molecule has 1 aliphatic rings. The molecule has 2 unspecified atom stereocenters. The van der Waals surface area contributed by atoms with Crippen molar-refractivity contribution < 1.29 is 0 Å². The van der Waals surface area contributed by atoms with Gasteiger partial charge in [-0.05, 0) is 44.0 Å². The summed E-state index contributed by atoms with van der Waals surface area (Å²) in [7, 11) is 0. The first kappa shape index (κ1) is 13.2. The van der Waals surface area contributed by atoms with E-state index >= 15 is 0 Å². The Morgan fingerprint density at radius 2 is 2.24 bits per heavy atom. The maximum atomic E-state index is 6.01. The Kier molecular flexibility index (Phi) is 4.69. The summed E-state index contributed by atoms with van der Waals surface area (Å²) in [5, 5.41) is 8.23. The van der Waals surface area contributed by atoms with Crippen LogP contribution in [0.1, 0.15) is 31.4 Å². The highest BCUT2D eigenvalue weighted by Gasteiger charge is 2.15. The van der Waals surface area contributed by atoms with Crippen molar-refractivity contribution in [3.63, 3.8) is 0 Å². The van der Waals surface area contributed by atoms with Gasteiger partial charge in [0.25, 0.3) is 0 Å². The fraction of sp³-hybridized carbons (Fsp3) is 0.538. The lowest BCUT2D eigenvalue weighted by molar-refractivity contribution is 0.490. The van der Waals surface area contributed by atoms with Gasteiger partial charge in [-0.25, -0.2) is 0 Å². The van der Waals surface area contributed by atoms with E-state index in [0.717, 1.165) is 13.1 Å². The van der Waals surface area contributed by atoms with Crippen molar-refractivity contribution in [1.82, 2.24) is 10.6 Å².